The molecule has 0 aliphatic carbocycles. The van der Waals surface area contributed by atoms with Gasteiger partial charge in [-0.15, -0.1) is 0 Å². The molecule has 0 saturated carbocycles. The number of benzene rings is 1. The largest absolute Gasteiger partial charge is 0.466 e. The van der Waals surface area contributed by atoms with Crippen LogP contribution >= 0.6 is 0 Å². The van der Waals surface area contributed by atoms with Gasteiger partial charge in [0.2, 0.25) is 11.8 Å². The zero-order valence-corrected chi connectivity index (χ0v) is 19.7. The van der Waals surface area contributed by atoms with Gasteiger partial charge in [0, 0.05) is 6.54 Å². The molecule has 10 nitrogen and oxygen atoms in total. The second-order valence-corrected chi connectivity index (χ2v) is 8.15. The van der Waals surface area contributed by atoms with Crippen molar-refractivity contribution in [3.8, 4) is 6.07 Å². The van der Waals surface area contributed by atoms with Crippen LogP contribution in [-0.2, 0) is 23.9 Å². The lowest BCUT2D eigenvalue weighted by atomic mass is 10.0. The van der Waals surface area contributed by atoms with Crippen LogP contribution in [0, 0.1) is 11.3 Å². The molecule has 0 spiro atoms. The van der Waals surface area contributed by atoms with Crippen LogP contribution in [0.25, 0.3) is 0 Å². The topological polar surface area (TPSA) is 138 Å². The number of hydrogen-bond acceptors (Lipinski definition) is 7. The van der Waals surface area contributed by atoms with Crippen molar-refractivity contribution < 1.29 is 28.7 Å². The van der Waals surface area contributed by atoms with Crippen LogP contribution in [0.4, 0.5) is 4.79 Å². The van der Waals surface area contributed by atoms with Gasteiger partial charge in [-0.25, -0.2) is 4.79 Å². The van der Waals surface area contributed by atoms with Gasteiger partial charge in [-0.05, 0) is 40.2 Å². The molecule has 0 aliphatic rings. The molecule has 0 fully saturated rings. The smallest absolute Gasteiger partial charge is 0.408 e. The SMILES string of the molecule is CCOC(=O)CCNC(=O)C(c1ccccc1)N(CC#N)C(=O)C(C)NC(=O)OC(C)(C)C. The lowest BCUT2D eigenvalue weighted by Crippen LogP contribution is -2.52. The van der Waals surface area contributed by atoms with Crippen LogP contribution in [-0.4, -0.2) is 60.1 Å². The van der Waals surface area contributed by atoms with Crippen molar-refractivity contribution in [2.45, 2.75) is 58.7 Å². The van der Waals surface area contributed by atoms with Gasteiger partial charge < -0.3 is 25.0 Å². The first-order valence-corrected chi connectivity index (χ1v) is 10.6. The van der Waals surface area contributed by atoms with Gasteiger partial charge in [0.15, 0.2) is 0 Å². The molecule has 0 bridgehead atoms. The Hall–Kier alpha value is -3.61. The van der Waals surface area contributed by atoms with E-state index in [-0.39, 0.29) is 19.6 Å². The summed E-state index contributed by atoms with van der Waals surface area (Å²) in [7, 11) is 0. The molecule has 180 valence electrons. The maximum Gasteiger partial charge on any atom is 0.408 e. The Morgan fingerprint density at radius 3 is 2.33 bits per heavy atom. The molecule has 2 N–H and O–H groups in total. The summed E-state index contributed by atoms with van der Waals surface area (Å²) in [6, 6.07) is 8.14. The van der Waals surface area contributed by atoms with E-state index >= 15 is 0 Å². The number of hydrogen-bond donors (Lipinski definition) is 2. The van der Waals surface area contributed by atoms with Crippen LogP contribution < -0.4 is 10.6 Å². The third-order valence-electron chi connectivity index (χ3n) is 4.24. The van der Waals surface area contributed by atoms with E-state index in [2.05, 4.69) is 10.6 Å². The number of amides is 3. The van der Waals surface area contributed by atoms with Gasteiger partial charge in [0.05, 0.1) is 19.1 Å². The Balaban J connectivity index is 3.09. The van der Waals surface area contributed by atoms with Gasteiger partial charge in [-0.3, -0.25) is 14.4 Å². The van der Waals surface area contributed by atoms with Crippen molar-refractivity contribution in [1.82, 2.24) is 15.5 Å². The number of nitrogens with zero attached hydrogens (tertiary/aromatic N) is 2. The number of nitriles is 1. The Bertz CT molecular complexity index is 860. The van der Waals surface area contributed by atoms with Crippen molar-refractivity contribution in [3.63, 3.8) is 0 Å². The zero-order chi connectivity index (χ0) is 25.0. The van der Waals surface area contributed by atoms with Crippen molar-refractivity contribution in [2.24, 2.45) is 0 Å². The van der Waals surface area contributed by atoms with Crippen molar-refractivity contribution in [2.75, 3.05) is 19.7 Å². The van der Waals surface area contributed by atoms with Gasteiger partial charge in [0.1, 0.15) is 24.2 Å². The first-order valence-electron chi connectivity index (χ1n) is 10.6. The summed E-state index contributed by atoms with van der Waals surface area (Å²) in [6.07, 6.45) is -0.834. The van der Waals surface area contributed by atoms with Gasteiger partial charge in [0.25, 0.3) is 0 Å². The van der Waals surface area contributed by atoms with Gasteiger partial charge in [-0.1, -0.05) is 30.3 Å². The second kappa shape index (κ2) is 13.1. The Morgan fingerprint density at radius 2 is 1.79 bits per heavy atom. The average Bonchev–Trinajstić information content (AvgIpc) is 2.72. The Kier molecular flexibility index (Phi) is 10.8. The van der Waals surface area contributed by atoms with Crippen molar-refractivity contribution >= 4 is 23.9 Å². The normalized spacial score (nSPS) is 12.5. The zero-order valence-electron chi connectivity index (χ0n) is 19.7. The highest BCUT2D eigenvalue weighted by Crippen LogP contribution is 2.22. The molecule has 0 heterocycles. The van der Waals surface area contributed by atoms with E-state index in [0.717, 1.165) is 4.90 Å². The quantitative estimate of drug-likeness (QED) is 0.403. The fourth-order valence-corrected chi connectivity index (χ4v) is 2.89. The molecule has 1 aromatic rings. The van der Waals surface area contributed by atoms with E-state index in [1.165, 1.54) is 6.92 Å². The molecule has 1 rings (SSSR count). The number of ether oxygens (including phenoxy) is 2. The second-order valence-electron chi connectivity index (χ2n) is 8.15. The summed E-state index contributed by atoms with van der Waals surface area (Å²) >= 11 is 0. The number of carbonyl (C=O) groups is 4. The first kappa shape index (κ1) is 27.4. The minimum atomic E-state index is -1.15. The fourth-order valence-electron chi connectivity index (χ4n) is 2.89. The molecular weight excluding hydrogens is 428 g/mol. The molecule has 0 saturated heterocycles. The molecule has 1 aromatic carbocycles. The minimum absolute atomic E-state index is 0.00129. The van der Waals surface area contributed by atoms with Crippen molar-refractivity contribution in [3.05, 3.63) is 35.9 Å². The molecule has 33 heavy (non-hydrogen) atoms. The molecule has 2 unspecified atom stereocenters. The summed E-state index contributed by atoms with van der Waals surface area (Å²) in [5.74, 6) is -1.68. The van der Waals surface area contributed by atoms with Crippen LogP contribution in [0.15, 0.2) is 30.3 Å². The number of alkyl carbamates (subject to hydrolysis) is 1. The third kappa shape index (κ3) is 9.60. The van der Waals surface area contributed by atoms with E-state index in [9.17, 15) is 24.4 Å². The third-order valence-corrected chi connectivity index (χ3v) is 4.24. The van der Waals surface area contributed by atoms with Crippen LogP contribution in [0.3, 0.4) is 0 Å². The average molecular weight is 461 g/mol. The highest BCUT2D eigenvalue weighted by atomic mass is 16.6. The van der Waals surface area contributed by atoms with Gasteiger partial charge >= 0.3 is 12.1 Å². The number of rotatable bonds is 10. The first-order chi connectivity index (χ1) is 15.5. The standard InChI is InChI=1S/C23H32N4O6/c1-6-32-18(28)12-14-25-20(29)19(17-10-8-7-9-11-17)27(15-13-24)21(30)16(2)26-22(31)33-23(3,4)5/h7-11,16,19H,6,12,14-15H2,1-5H3,(H,25,29)(H,26,31). The van der Waals surface area contributed by atoms with Gasteiger partial charge in [-0.2, -0.15) is 5.26 Å². The Labute approximate surface area is 194 Å². The summed E-state index contributed by atoms with van der Waals surface area (Å²) in [5.41, 5.74) is -0.288. The van der Waals surface area contributed by atoms with E-state index in [1.807, 2.05) is 6.07 Å². The maximum absolute atomic E-state index is 13.2. The highest BCUT2D eigenvalue weighted by Gasteiger charge is 2.34. The number of esters is 1. The van der Waals surface area contributed by atoms with E-state index in [1.54, 1.807) is 58.0 Å². The molecule has 2 atom stereocenters. The van der Waals surface area contributed by atoms with E-state index < -0.39 is 48.1 Å². The molecule has 3 amide bonds. The molecule has 0 aromatic heterocycles. The lowest BCUT2D eigenvalue weighted by Gasteiger charge is -2.31. The lowest BCUT2D eigenvalue weighted by molar-refractivity contribution is -0.144. The monoisotopic (exact) mass is 460 g/mol. The van der Waals surface area contributed by atoms with Crippen molar-refractivity contribution in [1.29, 1.82) is 5.26 Å². The van der Waals surface area contributed by atoms with E-state index in [4.69, 9.17) is 9.47 Å². The predicted octanol–water partition coefficient (Wildman–Crippen LogP) is 2.06. The number of nitrogens with one attached hydrogen (secondary N) is 2. The number of carbonyl (C=O) groups excluding carboxylic acids is 4. The minimum Gasteiger partial charge on any atom is -0.466 e. The van der Waals surface area contributed by atoms with Crippen LogP contribution in [0.1, 0.15) is 52.6 Å². The maximum atomic E-state index is 13.2. The molecule has 0 radical (unpaired) electrons. The molecule has 0 aliphatic heterocycles. The Morgan fingerprint density at radius 1 is 1.15 bits per heavy atom. The fraction of sp³-hybridized carbons (Fsp3) is 0.522. The summed E-state index contributed by atoms with van der Waals surface area (Å²) in [6.45, 7) is 8.02. The van der Waals surface area contributed by atoms with Crippen LogP contribution in [0.5, 0.6) is 0 Å². The van der Waals surface area contributed by atoms with Crippen LogP contribution in [0.2, 0.25) is 0 Å². The summed E-state index contributed by atoms with van der Waals surface area (Å²) < 4.78 is 10.0. The summed E-state index contributed by atoms with van der Waals surface area (Å²) in [5, 5.41) is 14.4. The predicted molar refractivity (Wildman–Crippen MR) is 120 cm³/mol. The highest BCUT2D eigenvalue weighted by molar-refractivity contribution is 5.92. The van der Waals surface area contributed by atoms with E-state index in [0.29, 0.717) is 5.56 Å². The molecular formula is C23H32N4O6. The molecule has 10 heteroatoms. The summed E-state index contributed by atoms with van der Waals surface area (Å²) in [4.78, 5) is 51.0.